The third-order valence-corrected chi connectivity index (χ3v) is 5.80. The fourth-order valence-electron chi connectivity index (χ4n) is 3.63. The van der Waals surface area contributed by atoms with Gasteiger partial charge in [-0.05, 0) is 58.3 Å². The molecule has 1 amide bonds. The highest BCUT2D eigenvalue weighted by atomic mass is 32.1. The summed E-state index contributed by atoms with van der Waals surface area (Å²) >= 11 is 1.55. The summed E-state index contributed by atoms with van der Waals surface area (Å²) in [5.41, 5.74) is 3.50. The predicted octanol–water partition coefficient (Wildman–Crippen LogP) is 3.46. The molecule has 1 atom stereocenters. The molecule has 7 heteroatoms. The second kappa shape index (κ2) is 8.80. The number of rotatable bonds is 7. The Kier molecular flexibility index (Phi) is 6.44. The van der Waals surface area contributed by atoms with E-state index in [2.05, 4.69) is 58.1 Å². The Morgan fingerprint density at radius 2 is 2.11 bits per heavy atom. The van der Waals surface area contributed by atoms with Crippen LogP contribution in [0.5, 0.6) is 0 Å². The van der Waals surface area contributed by atoms with Crippen molar-refractivity contribution >= 4 is 28.1 Å². The van der Waals surface area contributed by atoms with Crippen LogP contribution in [0.4, 0.5) is 10.8 Å². The van der Waals surface area contributed by atoms with Gasteiger partial charge in [-0.2, -0.15) is 0 Å². The number of carbonyl (C=O) groups excluding carboxylic acids is 1. The number of nitrogens with zero attached hydrogens (tertiary/aromatic N) is 4. The molecule has 1 unspecified atom stereocenters. The van der Waals surface area contributed by atoms with Crippen molar-refractivity contribution in [3.63, 3.8) is 0 Å². The standard InChI is InChI=1S/C20H29N5OS/c1-14-9-18(10-15(2)22-14)25-8-6-17(12-25)5-7-24(4)13-19-11-21-20(27-19)23-16(3)26/h9-11,17H,5-8,12-13H2,1-4H3,(H,21,23,26). The van der Waals surface area contributed by atoms with Gasteiger partial charge < -0.3 is 15.1 Å². The first-order valence-electron chi connectivity index (χ1n) is 9.50. The minimum absolute atomic E-state index is 0.0744. The normalized spacial score (nSPS) is 16.9. The topological polar surface area (TPSA) is 61.4 Å². The summed E-state index contributed by atoms with van der Waals surface area (Å²) in [4.78, 5) is 25.8. The average Bonchev–Trinajstić information content (AvgIpc) is 3.21. The van der Waals surface area contributed by atoms with Crippen molar-refractivity contribution in [2.45, 2.75) is 40.2 Å². The van der Waals surface area contributed by atoms with Gasteiger partial charge in [-0.15, -0.1) is 11.3 Å². The molecule has 3 heterocycles. The second-order valence-electron chi connectivity index (χ2n) is 7.55. The van der Waals surface area contributed by atoms with Gasteiger partial charge in [0.1, 0.15) is 0 Å². The summed E-state index contributed by atoms with van der Waals surface area (Å²) in [6.07, 6.45) is 4.31. The van der Waals surface area contributed by atoms with E-state index in [-0.39, 0.29) is 5.91 Å². The molecule has 0 aromatic carbocycles. The molecule has 146 valence electrons. The number of thiazole rings is 1. The SMILES string of the molecule is CC(=O)Nc1ncc(CN(C)CCC2CCN(c3cc(C)nc(C)c3)C2)s1. The number of amides is 1. The zero-order valence-electron chi connectivity index (χ0n) is 16.7. The minimum atomic E-state index is -0.0744. The molecule has 0 aliphatic carbocycles. The summed E-state index contributed by atoms with van der Waals surface area (Å²) in [6, 6.07) is 4.38. The van der Waals surface area contributed by atoms with Gasteiger partial charge in [0.2, 0.25) is 5.91 Å². The van der Waals surface area contributed by atoms with E-state index in [0.29, 0.717) is 5.13 Å². The molecule has 2 aromatic rings. The Hall–Kier alpha value is -1.99. The summed E-state index contributed by atoms with van der Waals surface area (Å²) < 4.78 is 0. The third-order valence-electron chi connectivity index (χ3n) is 4.90. The van der Waals surface area contributed by atoms with Crippen LogP contribution in [0, 0.1) is 19.8 Å². The Morgan fingerprint density at radius 1 is 1.37 bits per heavy atom. The Balaban J connectivity index is 1.45. The molecule has 0 saturated carbocycles. The van der Waals surface area contributed by atoms with Crippen molar-refractivity contribution in [3.8, 4) is 0 Å². The van der Waals surface area contributed by atoms with Gasteiger partial charge in [0, 0.05) is 54.7 Å². The number of nitrogens with one attached hydrogen (secondary N) is 1. The first-order chi connectivity index (χ1) is 12.9. The highest BCUT2D eigenvalue weighted by molar-refractivity contribution is 7.15. The molecule has 1 aliphatic heterocycles. The first-order valence-corrected chi connectivity index (χ1v) is 10.3. The molecule has 1 aliphatic rings. The van der Waals surface area contributed by atoms with E-state index in [1.165, 1.54) is 30.3 Å². The molecule has 2 aromatic heterocycles. The molecule has 1 saturated heterocycles. The van der Waals surface area contributed by atoms with Crippen LogP contribution >= 0.6 is 11.3 Å². The van der Waals surface area contributed by atoms with Crippen molar-refractivity contribution in [2.75, 3.05) is 36.9 Å². The Morgan fingerprint density at radius 3 is 2.81 bits per heavy atom. The lowest BCUT2D eigenvalue weighted by Gasteiger charge is -2.21. The van der Waals surface area contributed by atoms with Gasteiger partial charge in [0.05, 0.1) is 0 Å². The number of hydrogen-bond acceptors (Lipinski definition) is 6. The van der Waals surface area contributed by atoms with Crippen LogP contribution in [0.25, 0.3) is 0 Å². The molecule has 1 fully saturated rings. The van der Waals surface area contributed by atoms with E-state index < -0.39 is 0 Å². The van der Waals surface area contributed by atoms with Gasteiger partial charge >= 0.3 is 0 Å². The fraction of sp³-hybridized carbons (Fsp3) is 0.550. The molecule has 0 bridgehead atoms. The van der Waals surface area contributed by atoms with E-state index >= 15 is 0 Å². The van der Waals surface area contributed by atoms with Crippen LogP contribution < -0.4 is 10.2 Å². The van der Waals surface area contributed by atoms with Gasteiger partial charge in [0.25, 0.3) is 0 Å². The number of aromatic nitrogens is 2. The van der Waals surface area contributed by atoms with Crippen molar-refractivity contribution in [1.29, 1.82) is 0 Å². The van der Waals surface area contributed by atoms with E-state index in [4.69, 9.17) is 0 Å². The quantitative estimate of drug-likeness (QED) is 0.788. The van der Waals surface area contributed by atoms with Crippen molar-refractivity contribution in [2.24, 2.45) is 5.92 Å². The first kappa shape index (κ1) is 19.8. The summed E-state index contributed by atoms with van der Waals surface area (Å²) in [6.45, 7) is 9.84. The Labute approximate surface area is 165 Å². The molecular weight excluding hydrogens is 358 g/mol. The van der Waals surface area contributed by atoms with Crippen LogP contribution in [0.3, 0.4) is 0 Å². The largest absolute Gasteiger partial charge is 0.371 e. The van der Waals surface area contributed by atoms with Gasteiger partial charge in [-0.25, -0.2) is 4.98 Å². The van der Waals surface area contributed by atoms with E-state index in [1.807, 2.05) is 6.20 Å². The molecule has 0 spiro atoms. The number of carbonyl (C=O) groups is 1. The lowest BCUT2D eigenvalue weighted by Crippen LogP contribution is -2.23. The molecule has 3 rings (SSSR count). The van der Waals surface area contributed by atoms with E-state index in [9.17, 15) is 4.79 Å². The predicted molar refractivity (Wildman–Crippen MR) is 111 cm³/mol. The number of pyridine rings is 1. The summed E-state index contributed by atoms with van der Waals surface area (Å²) in [5, 5.41) is 3.42. The zero-order chi connectivity index (χ0) is 19.4. The van der Waals surface area contributed by atoms with Gasteiger partial charge in [-0.1, -0.05) is 0 Å². The van der Waals surface area contributed by atoms with Crippen LogP contribution in [0.1, 0.15) is 36.0 Å². The molecule has 0 radical (unpaired) electrons. The van der Waals surface area contributed by atoms with Gasteiger partial charge in [-0.3, -0.25) is 9.78 Å². The number of aryl methyl sites for hydroxylation is 2. The minimum Gasteiger partial charge on any atom is -0.371 e. The van der Waals surface area contributed by atoms with Crippen molar-refractivity contribution < 1.29 is 4.79 Å². The smallest absolute Gasteiger partial charge is 0.223 e. The lowest BCUT2D eigenvalue weighted by molar-refractivity contribution is -0.114. The second-order valence-corrected chi connectivity index (χ2v) is 8.66. The molecule has 1 N–H and O–H groups in total. The highest BCUT2D eigenvalue weighted by Gasteiger charge is 2.23. The van der Waals surface area contributed by atoms with Crippen LogP contribution in [-0.4, -0.2) is 47.5 Å². The van der Waals surface area contributed by atoms with E-state index in [0.717, 1.165) is 43.5 Å². The summed E-state index contributed by atoms with van der Waals surface area (Å²) in [7, 11) is 2.15. The highest BCUT2D eigenvalue weighted by Crippen LogP contribution is 2.27. The number of hydrogen-bond donors (Lipinski definition) is 1. The maximum absolute atomic E-state index is 11.1. The monoisotopic (exact) mass is 387 g/mol. The fourth-order valence-corrected chi connectivity index (χ4v) is 4.57. The Bertz CT molecular complexity index is 770. The van der Waals surface area contributed by atoms with Gasteiger partial charge in [0.15, 0.2) is 5.13 Å². The zero-order valence-corrected chi connectivity index (χ0v) is 17.5. The maximum Gasteiger partial charge on any atom is 0.223 e. The third kappa shape index (κ3) is 5.74. The number of anilines is 2. The van der Waals surface area contributed by atoms with Crippen molar-refractivity contribution in [3.05, 3.63) is 34.6 Å². The molecule has 27 heavy (non-hydrogen) atoms. The van der Waals surface area contributed by atoms with E-state index in [1.54, 1.807) is 11.3 Å². The van der Waals surface area contributed by atoms with Crippen molar-refractivity contribution in [1.82, 2.24) is 14.9 Å². The maximum atomic E-state index is 11.1. The molecular formula is C20H29N5OS. The molecule has 6 nitrogen and oxygen atoms in total. The average molecular weight is 388 g/mol. The lowest BCUT2D eigenvalue weighted by atomic mass is 10.0. The van der Waals surface area contributed by atoms with Crippen LogP contribution in [-0.2, 0) is 11.3 Å². The van der Waals surface area contributed by atoms with Crippen LogP contribution in [0.2, 0.25) is 0 Å². The summed E-state index contributed by atoms with van der Waals surface area (Å²) in [5.74, 6) is 0.659. The van der Waals surface area contributed by atoms with Crippen LogP contribution in [0.15, 0.2) is 18.3 Å².